The number of nitrogen functional groups attached to an aromatic ring is 1. The molecule has 3 N–H and O–H groups in total. The zero-order valence-electron chi connectivity index (χ0n) is 9.90. The van der Waals surface area contributed by atoms with E-state index in [1.54, 1.807) is 0 Å². The van der Waals surface area contributed by atoms with Crippen molar-refractivity contribution in [2.45, 2.75) is 4.90 Å². The summed E-state index contributed by atoms with van der Waals surface area (Å²) in [5.41, 5.74) is 5.34. The molecule has 20 heavy (non-hydrogen) atoms. The lowest BCUT2D eigenvalue weighted by atomic mass is 10.3. The molecule has 2 aromatic rings. The molecule has 2 aromatic carbocycles. The summed E-state index contributed by atoms with van der Waals surface area (Å²) in [4.78, 5) is -0.151. The molecule has 0 spiro atoms. The maximum absolute atomic E-state index is 13.4. The molecule has 0 heterocycles. The molecule has 0 fully saturated rings. The average molecular weight is 363 g/mol. The topological polar surface area (TPSA) is 72.2 Å². The van der Waals surface area contributed by atoms with Gasteiger partial charge in [0.2, 0.25) is 0 Å². The molecule has 0 aliphatic heterocycles. The van der Waals surface area contributed by atoms with Crippen LogP contribution in [0.25, 0.3) is 0 Å². The van der Waals surface area contributed by atoms with Gasteiger partial charge in [-0.2, -0.15) is 0 Å². The van der Waals surface area contributed by atoms with Crippen molar-refractivity contribution in [1.82, 2.24) is 0 Å². The van der Waals surface area contributed by atoms with Gasteiger partial charge in [0.25, 0.3) is 10.0 Å². The highest BCUT2D eigenvalue weighted by Gasteiger charge is 2.17. The summed E-state index contributed by atoms with van der Waals surface area (Å²) in [5.74, 6) is -1.63. The molecule has 4 nitrogen and oxygen atoms in total. The lowest BCUT2D eigenvalue weighted by molar-refractivity contribution is 0.594. The van der Waals surface area contributed by atoms with E-state index in [2.05, 4.69) is 15.9 Å². The first-order chi connectivity index (χ1) is 9.29. The van der Waals surface area contributed by atoms with Gasteiger partial charge >= 0.3 is 0 Å². The second-order valence-corrected chi connectivity index (χ2v) is 6.45. The Morgan fingerprint density at radius 2 is 1.80 bits per heavy atom. The third kappa shape index (κ3) is 3.07. The Balaban J connectivity index is 2.40. The van der Waals surface area contributed by atoms with Crippen LogP contribution in [0.15, 0.2) is 45.8 Å². The fourth-order valence-electron chi connectivity index (χ4n) is 1.47. The zero-order chi connectivity index (χ0) is 14.9. The molecule has 0 saturated heterocycles. The molecular weight excluding hydrogens is 354 g/mol. The van der Waals surface area contributed by atoms with Crippen LogP contribution in [0.1, 0.15) is 0 Å². The highest BCUT2D eigenvalue weighted by molar-refractivity contribution is 9.10. The van der Waals surface area contributed by atoms with E-state index in [0.29, 0.717) is 4.47 Å². The first-order valence-electron chi connectivity index (χ1n) is 5.32. The van der Waals surface area contributed by atoms with Crippen LogP contribution >= 0.6 is 15.9 Å². The predicted octanol–water partition coefficient (Wildman–Crippen LogP) is 3.11. The van der Waals surface area contributed by atoms with E-state index in [1.807, 2.05) is 4.72 Å². The summed E-state index contributed by atoms with van der Waals surface area (Å²) >= 11 is 3.13. The van der Waals surface area contributed by atoms with Crippen molar-refractivity contribution >= 4 is 37.3 Å². The lowest BCUT2D eigenvalue weighted by Crippen LogP contribution is -2.14. The van der Waals surface area contributed by atoms with Gasteiger partial charge in [0.15, 0.2) is 0 Å². The molecule has 2 rings (SSSR count). The maximum Gasteiger partial charge on any atom is 0.262 e. The van der Waals surface area contributed by atoms with Gasteiger partial charge in [0.05, 0.1) is 10.6 Å². The minimum atomic E-state index is -4.05. The highest BCUT2D eigenvalue weighted by Crippen LogP contribution is 2.25. The molecule has 0 unspecified atom stereocenters. The lowest BCUT2D eigenvalue weighted by Gasteiger charge is -2.10. The van der Waals surface area contributed by atoms with Crippen molar-refractivity contribution < 1.29 is 17.2 Å². The minimum Gasteiger partial charge on any atom is -0.398 e. The Hall–Kier alpha value is -1.67. The Morgan fingerprint density at radius 1 is 1.10 bits per heavy atom. The third-order valence-corrected chi connectivity index (χ3v) is 4.54. The van der Waals surface area contributed by atoms with Gasteiger partial charge in [0, 0.05) is 16.2 Å². The number of benzene rings is 2. The van der Waals surface area contributed by atoms with Crippen molar-refractivity contribution in [2.75, 3.05) is 10.5 Å². The van der Waals surface area contributed by atoms with Crippen molar-refractivity contribution in [3.05, 3.63) is 52.5 Å². The smallest absolute Gasteiger partial charge is 0.262 e. The predicted molar refractivity (Wildman–Crippen MR) is 75.7 cm³/mol. The van der Waals surface area contributed by atoms with Crippen LogP contribution in [-0.2, 0) is 10.0 Å². The molecule has 0 aliphatic rings. The van der Waals surface area contributed by atoms with Crippen LogP contribution in [0.3, 0.4) is 0 Å². The summed E-state index contributed by atoms with van der Waals surface area (Å²) in [6.45, 7) is 0. The van der Waals surface area contributed by atoms with Crippen LogP contribution in [0.2, 0.25) is 0 Å². The average Bonchev–Trinajstić information content (AvgIpc) is 2.36. The molecule has 0 radical (unpaired) electrons. The van der Waals surface area contributed by atoms with Crippen molar-refractivity contribution in [2.24, 2.45) is 0 Å². The zero-order valence-corrected chi connectivity index (χ0v) is 12.3. The fourth-order valence-corrected chi connectivity index (χ4v) is 2.81. The Kier molecular flexibility index (Phi) is 3.96. The van der Waals surface area contributed by atoms with E-state index in [0.717, 1.165) is 18.2 Å². The van der Waals surface area contributed by atoms with E-state index in [1.165, 1.54) is 18.2 Å². The molecule has 0 bridgehead atoms. The molecule has 106 valence electrons. The summed E-state index contributed by atoms with van der Waals surface area (Å²) in [7, 11) is -4.05. The molecule has 0 aliphatic carbocycles. The summed E-state index contributed by atoms with van der Waals surface area (Å²) in [6.07, 6.45) is 0. The van der Waals surface area contributed by atoms with Crippen molar-refractivity contribution in [1.29, 1.82) is 0 Å². The molecule has 8 heteroatoms. The molecule has 0 atom stereocenters. The normalized spacial score (nSPS) is 11.3. The first kappa shape index (κ1) is 14.7. The van der Waals surface area contributed by atoms with Crippen LogP contribution in [0, 0.1) is 11.6 Å². The second kappa shape index (κ2) is 5.37. The Bertz CT molecular complexity index is 766. The van der Waals surface area contributed by atoms with Gasteiger partial charge in [-0.15, -0.1) is 0 Å². The van der Waals surface area contributed by atoms with Gasteiger partial charge in [0.1, 0.15) is 11.6 Å². The summed E-state index contributed by atoms with van der Waals surface area (Å²) in [5, 5.41) is 0. The van der Waals surface area contributed by atoms with E-state index in [4.69, 9.17) is 5.73 Å². The fraction of sp³-hybridized carbons (Fsp3) is 0. The van der Waals surface area contributed by atoms with Gasteiger partial charge < -0.3 is 5.73 Å². The monoisotopic (exact) mass is 362 g/mol. The number of rotatable bonds is 3. The van der Waals surface area contributed by atoms with Crippen LogP contribution < -0.4 is 10.5 Å². The largest absolute Gasteiger partial charge is 0.398 e. The second-order valence-electron chi connectivity index (χ2n) is 3.91. The Labute approximate surface area is 122 Å². The van der Waals surface area contributed by atoms with Crippen LogP contribution in [-0.4, -0.2) is 8.42 Å². The van der Waals surface area contributed by atoms with Gasteiger partial charge in [-0.05, 0) is 46.3 Å². The number of halogens is 3. The SMILES string of the molecule is Nc1cc(S(=O)(=O)Nc2cc(F)ccc2F)ccc1Br. The van der Waals surface area contributed by atoms with E-state index < -0.39 is 27.3 Å². The quantitative estimate of drug-likeness (QED) is 0.824. The molecule has 0 amide bonds. The first-order valence-corrected chi connectivity index (χ1v) is 7.60. The Morgan fingerprint density at radius 3 is 2.45 bits per heavy atom. The van der Waals surface area contributed by atoms with Crippen molar-refractivity contribution in [3.8, 4) is 0 Å². The van der Waals surface area contributed by atoms with Crippen LogP contribution in [0.5, 0.6) is 0 Å². The number of anilines is 2. The molecule has 0 aromatic heterocycles. The van der Waals surface area contributed by atoms with E-state index in [-0.39, 0.29) is 10.6 Å². The molecular formula is C12H9BrF2N2O2S. The number of nitrogens with one attached hydrogen (secondary N) is 1. The number of nitrogens with two attached hydrogens (primary N) is 1. The van der Waals surface area contributed by atoms with Gasteiger partial charge in [-0.3, -0.25) is 4.72 Å². The minimum absolute atomic E-state index is 0.151. The van der Waals surface area contributed by atoms with Crippen LogP contribution in [0.4, 0.5) is 20.2 Å². The van der Waals surface area contributed by atoms with E-state index >= 15 is 0 Å². The number of hydrogen-bond acceptors (Lipinski definition) is 3. The number of sulfonamides is 1. The maximum atomic E-state index is 13.4. The molecule has 0 saturated carbocycles. The van der Waals surface area contributed by atoms with Gasteiger partial charge in [-0.25, -0.2) is 17.2 Å². The van der Waals surface area contributed by atoms with E-state index in [9.17, 15) is 17.2 Å². The summed E-state index contributed by atoms with van der Waals surface area (Å²) < 4.78 is 53.1. The summed E-state index contributed by atoms with van der Waals surface area (Å²) in [6, 6.07) is 6.44. The highest BCUT2D eigenvalue weighted by atomic mass is 79.9. The third-order valence-electron chi connectivity index (χ3n) is 2.45. The van der Waals surface area contributed by atoms with Crippen molar-refractivity contribution in [3.63, 3.8) is 0 Å². The number of hydrogen-bond donors (Lipinski definition) is 2. The standard InChI is InChI=1S/C12H9BrF2N2O2S/c13-9-3-2-8(6-11(9)16)20(18,19)17-12-5-7(14)1-4-10(12)15/h1-6,17H,16H2. The van der Waals surface area contributed by atoms with Gasteiger partial charge in [-0.1, -0.05) is 0 Å².